The molecule has 9 heteroatoms. The van der Waals surface area contributed by atoms with E-state index in [1.807, 2.05) is 46.7 Å². The van der Waals surface area contributed by atoms with Crippen molar-refractivity contribution in [3.63, 3.8) is 0 Å². The fourth-order valence-corrected chi connectivity index (χ4v) is 4.38. The van der Waals surface area contributed by atoms with Crippen LogP contribution in [0.15, 0.2) is 53.4 Å². The van der Waals surface area contributed by atoms with Crippen LogP contribution in [0.25, 0.3) is 11.0 Å². The van der Waals surface area contributed by atoms with E-state index in [9.17, 15) is 13.2 Å². The Morgan fingerprint density at radius 3 is 2.42 bits per heavy atom. The fourth-order valence-electron chi connectivity index (χ4n) is 3.46. The van der Waals surface area contributed by atoms with Crippen LogP contribution in [0.5, 0.6) is 0 Å². The van der Waals surface area contributed by atoms with Crippen molar-refractivity contribution < 1.29 is 17.9 Å². The third kappa shape index (κ3) is 5.12. The molecule has 0 amide bonds. The molecule has 166 valence electrons. The standard InChI is InChI=1S/C22H28N4O4S/c1-5-26-20-12-11-18(31(28,29)24(2)3)13-19(20)23-21(26)15-25(16-22(27)30-4)14-17-9-7-6-8-10-17/h6-13H,5,14-16H2,1-4H3. The summed E-state index contributed by atoms with van der Waals surface area (Å²) in [4.78, 5) is 18.9. The number of imidazole rings is 1. The molecule has 31 heavy (non-hydrogen) atoms. The summed E-state index contributed by atoms with van der Waals surface area (Å²) < 4.78 is 33.1. The third-order valence-electron chi connectivity index (χ3n) is 5.09. The topological polar surface area (TPSA) is 84.7 Å². The number of esters is 1. The minimum atomic E-state index is -3.55. The van der Waals surface area contributed by atoms with E-state index < -0.39 is 10.0 Å². The zero-order chi connectivity index (χ0) is 22.6. The summed E-state index contributed by atoms with van der Waals surface area (Å²) in [7, 11) is 0.831. The first-order valence-electron chi connectivity index (χ1n) is 10.0. The number of ether oxygens (including phenoxy) is 1. The molecular formula is C22H28N4O4S. The smallest absolute Gasteiger partial charge is 0.319 e. The van der Waals surface area contributed by atoms with Crippen LogP contribution in [-0.4, -0.2) is 60.9 Å². The average Bonchev–Trinajstić information content (AvgIpc) is 3.10. The number of carbonyl (C=O) groups is 1. The first-order chi connectivity index (χ1) is 14.8. The summed E-state index contributed by atoms with van der Waals surface area (Å²) in [5.41, 5.74) is 2.54. The Hall–Kier alpha value is -2.75. The van der Waals surface area contributed by atoms with E-state index in [2.05, 4.69) is 0 Å². The van der Waals surface area contributed by atoms with Gasteiger partial charge in [0.2, 0.25) is 10.0 Å². The molecule has 0 aliphatic carbocycles. The summed E-state index contributed by atoms with van der Waals surface area (Å²) in [6.45, 7) is 3.78. The lowest BCUT2D eigenvalue weighted by Gasteiger charge is -2.21. The summed E-state index contributed by atoms with van der Waals surface area (Å²) in [5, 5.41) is 0. The summed E-state index contributed by atoms with van der Waals surface area (Å²) in [6, 6.07) is 14.9. The van der Waals surface area contributed by atoms with Gasteiger partial charge in [0.25, 0.3) is 0 Å². The van der Waals surface area contributed by atoms with Crippen molar-refractivity contribution in [2.45, 2.75) is 31.5 Å². The van der Waals surface area contributed by atoms with Crippen LogP contribution in [0, 0.1) is 0 Å². The molecule has 0 atom stereocenters. The fraction of sp³-hybridized carbons (Fsp3) is 0.364. The van der Waals surface area contributed by atoms with E-state index in [1.54, 1.807) is 18.2 Å². The normalized spacial score (nSPS) is 12.1. The highest BCUT2D eigenvalue weighted by atomic mass is 32.2. The van der Waals surface area contributed by atoms with Crippen LogP contribution < -0.4 is 0 Å². The molecule has 0 N–H and O–H groups in total. The van der Waals surface area contributed by atoms with Gasteiger partial charge in [-0.3, -0.25) is 9.69 Å². The molecule has 0 aliphatic heterocycles. The first-order valence-corrected chi connectivity index (χ1v) is 11.4. The number of fused-ring (bicyclic) bond motifs is 1. The number of nitrogens with zero attached hydrogens (tertiary/aromatic N) is 4. The van der Waals surface area contributed by atoms with Gasteiger partial charge in [0.15, 0.2) is 0 Å². The van der Waals surface area contributed by atoms with Gasteiger partial charge in [0.1, 0.15) is 5.82 Å². The van der Waals surface area contributed by atoms with Crippen LogP contribution in [0.2, 0.25) is 0 Å². The SMILES string of the molecule is CCn1c(CN(CC(=O)OC)Cc2ccccc2)nc2cc(S(=O)(=O)N(C)C)ccc21. The molecule has 3 aromatic rings. The van der Waals surface area contributed by atoms with Gasteiger partial charge < -0.3 is 9.30 Å². The minimum Gasteiger partial charge on any atom is -0.468 e. The van der Waals surface area contributed by atoms with Gasteiger partial charge in [0.05, 0.1) is 36.1 Å². The molecular weight excluding hydrogens is 416 g/mol. The Morgan fingerprint density at radius 1 is 1.10 bits per heavy atom. The van der Waals surface area contributed by atoms with Gasteiger partial charge in [-0.2, -0.15) is 0 Å². The number of carbonyl (C=O) groups excluding carboxylic acids is 1. The summed E-state index contributed by atoms with van der Waals surface area (Å²) >= 11 is 0. The molecule has 1 aromatic heterocycles. The van der Waals surface area contributed by atoms with Crippen molar-refractivity contribution in [1.29, 1.82) is 0 Å². The lowest BCUT2D eigenvalue weighted by atomic mass is 10.2. The van der Waals surface area contributed by atoms with Gasteiger partial charge in [0, 0.05) is 27.2 Å². The number of rotatable bonds is 9. The zero-order valence-electron chi connectivity index (χ0n) is 18.3. The maximum absolute atomic E-state index is 12.5. The number of methoxy groups -OCH3 is 1. The Balaban J connectivity index is 1.97. The number of aryl methyl sites for hydroxylation is 1. The summed E-state index contributed by atoms with van der Waals surface area (Å²) in [5.74, 6) is 0.436. The van der Waals surface area contributed by atoms with Crippen molar-refractivity contribution in [2.24, 2.45) is 0 Å². The van der Waals surface area contributed by atoms with Crippen molar-refractivity contribution in [3.05, 3.63) is 59.9 Å². The Morgan fingerprint density at radius 2 is 1.81 bits per heavy atom. The van der Waals surface area contributed by atoms with Gasteiger partial charge in [-0.1, -0.05) is 30.3 Å². The molecule has 3 rings (SSSR count). The predicted octanol–water partition coefficient (Wildman–Crippen LogP) is 2.48. The molecule has 2 aromatic carbocycles. The highest BCUT2D eigenvalue weighted by molar-refractivity contribution is 7.89. The number of sulfonamides is 1. The van der Waals surface area contributed by atoms with Crippen molar-refractivity contribution >= 4 is 27.0 Å². The van der Waals surface area contributed by atoms with Crippen molar-refractivity contribution in [3.8, 4) is 0 Å². The zero-order valence-corrected chi connectivity index (χ0v) is 19.1. The number of hydrogen-bond acceptors (Lipinski definition) is 6. The lowest BCUT2D eigenvalue weighted by molar-refractivity contribution is -0.142. The lowest BCUT2D eigenvalue weighted by Crippen LogP contribution is -2.31. The summed E-state index contributed by atoms with van der Waals surface area (Å²) in [6.07, 6.45) is 0. The molecule has 0 bridgehead atoms. The van der Waals surface area contributed by atoms with Crippen LogP contribution in [0.4, 0.5) is 0 Å². The number of hydrogen-bond donors (Lipinski definition) is 0. The Labute approximate surface area is 183 Å². The minimum absolute atomic E-state index is 0.124. The highest BCUT2D eigenvalue weighted by Crippen LogP contribution is 2.23. The quantitative estimate of drug-likeness (QED) is 0.472. The van der Waals surface area contributed by atoms with Gasteiger partial charge >= 0.3 is 5.97 Å². The van der Waals surface area contributed by atoms with Gasteiger partial charge in [-0.15, -0.1) is 0 Å². The van der Waals surface area contributed by atoms with Crippen LogP contribution in [0.3, 0.4) is 0 Å². The maximum Gasteiger partial charge on any atom is 0.319 e. The van der Waals surface area contributed by atoms with Crippen molar-refractivity contribution in [1.82, 2.24) is 18.8 Å². The second-order valence-electron chi connectivity index (χ2n) is 7.42. The maximum atomic E-state index is 12.5. The molecule has 1 heterocycles. The molecule has 8 nitrogen and oxygen atoms in total. The number of benzene rings is 2. The van der Waals surface area contributed by atoms with Gasteiger partial charge in [-0.05, 0) is 30.7 Å². The molecule has 0 saturated heterocycles. The molecule has 0 fully saturated rings. The molecule has 0 aliphatic rings. The third-order valence-corrected chi connectivity index (χ3v) is 6.90. The van der Waals surface area contributed by atoms with Crippen LogP contribution in [0.1, 0.15) is 18.3 Å². The van der Waals surface area contributed by atoms with E-state index in [-0.39, 0.29) is 17.4 Å². The van der Waals surface area contributed by atoms with Crippen LogP contribution >= 0.6 is 0 Å². The Kier molecular flexibility index (Phi) is 7.09. The largest absolute Gasteiger partial charge is 0.468 e. The van der Waals surface area contributed by atoms with Crippen molar-refractivity contribution in [2.75, 3.05) is 27.7 Å². The van der Waals surface area contributed by atoms with E-state index in [0.29, 0.717) is 25.2 Å². The van der Waals surface area contributed by atoms with E-state index >= 15 is 0 Å². The van der Waals surface area contributed by atoms with E-state index in [0.717, 1.165) is 16.9 Å². The van der Waals surface area contributed by atoms with E-state index in [1.165, 1.54) is 25.5 Å². The first kappa shape index (κ1) is 22.9. The number of aromatic nitrogens is 2. The average molecular weight is 445 g/mol. The second-order valence-corrected chi connectivity index (χ2v) is 9.57. The molecule has 0 unspecified atom stereocenters. The van der Waals surface area contributed by atoms with Crippen LogP contribution in [-0.2, 0) is 39.2 Å². The molecule has 0 spiro atoms. The van der Waals surface area contributed by atoms with Gasteiger partial charge in [-0.25, -0.2) is 17.7 Å². The molecule has 0 saturated carbocycles. The highest BCUT2D eigenvalue weighted by Gasteiger charge is 2.21. The monoisotopic (exact) mass is 444 g/mol. The predicted molar refractivity (Wildman–Crippen MR) is 119 cm³/mol. The van der Waals surface area contributed by atoms with E-state index in [4.69, 9.17) is 9.72 Å². The molecule has 0 radical (unpaired) electrons. The Bertz CT molecular complexity index is 1160. The second kappa shape index (κ2) is 9.59.